The van der Waals surface area contributed by atoms with Gasteiger partial charge in [0.05, 0.1) is 13.2 Å². The lowest BCUT2D eigenvalue weighted by molar-refractivity contribution is 0.294. The third-order valence-electron chi connectivity index (χ3n) is 2.70. The molecule has 0 spiro atoms. The van der Waals surface area contributed by atoms with Crippen LogP contribution in [-0.4, -0.2) is 40.4 Å². The van der Waals surface area contributed by atoms with Crippen LogP contribution >= 0.6 is 0 Å². The fraction of sp³-hybridized carbons (Fsp3) is 0.600. The van der Waals surface area contributed by atoms with Crippen LogP contribution in [0.2, 0.25) is 0 Å². The molecule has 0 radical (unpaired) electrons. The van der Waals surface area contributed by atoms with Gasteiger partial charge in [-0.3, -0.25) is 0 Å². The van der Waals surface area contributed by atoms with E-state index in [1.165, 1.54) is 0 Å². The molecule has 1 aromatic rings. The van der Waals surface area contributed by atoms with Gasteiger partial charge in [-0.2, -0.15) is 0 Å². The molecule has 0 aliphatic carbocycles. The highest BCUT2D eigenvalue weighted by Gasteiger charge is 2.01. The second-order valence-corrected chi connectivity index (χ2v) is 4.59. The van der Waals surface area contributed by atoms with Crippen molar-refractivity contribution in [3.8, 4) is 11.5 Å². The highest BCUT2D eigenvalue weighted by Crippen LogP contribution is 2.22. The Morgan fingerprint density at radius 1 is 0.842 bits per heavy atom. The van der Waals surface area contributed by atoms with E-state index in [1.807, 2.05) is 32.3 Å². The van der Waals surface area contributed by atoms with Crippen LogP contribution in [0, 0.1) is 6.92 Å². The summed E-state index contributed by atoms with van der Waals surface area (Å²) in [5.74, 6) is 1.78. The summed E-state index contributed by atoms with van der Waals surface area (Å²) in [4.78, 5) is 0. The van der Waals surface area contributed by atoms with Gasteiger partial charge in [0.15, 0.2) is 0 Å². The molecule has 0 saturated carbocycles. The number of rotatable bonds is 10. The van der Waals surface area contributed by atoms with E-state index in [1.54, 1.807) is 0 Å². The smallest absolute Gasteiger partial charge is 0.123 e. The highest BCUT2D eigenvalue weighted by atomic mass is 16.5. The van der Waals surface area contributed by atoms with E-state index in [0.717, 1.165) is 56.2 Å². The first-order chi connectivity index (χ1) is 9.26. The van der Waals surface area contributed by atoms with Gasteiger partial charge < -0.3 is 20.1 Å². The fourth-order valence-corrected chi connectivity index (χ4v) is 1.76. The Balaban J connectivity index is 2.41. The predicted octanol–water partition coefficient (Wildman–Crippen LogP) is 1.97. The largest absolute Gasteiger partial charge is 0.493 e. The molecule has 19 heavy (non-hydrogen) atoms. The molecule has 4 heteroatoms. The Kier molecular flexibility index (Phi) is 8.02. The van der Waals surface area contributed by atoms with Crippen LogP contribution in [0.3, 0.4) is 0 Å². The molecule has 0 heterocycles. The van der Waals surface area contributed by atoms with Crippen molar-refractivity contribution in [3.63, 3.8) is 0 Å². The Bertz CT molecular complexity index is 326. The fourth-order valence-electron chi connectivity index (χ4n) is 1.76. The van der Waals surface area contributed by atoms with E-state index >= 15 is 0 Å². The van der Waals surface area contributed by atoms with Crippen molar-refractivity contribution >= 4 is 0 Å². The van der Waals surface area contributed by atoms with Crippen molar-refractivity contribution in [2.24, 2.45) is 0 Å². The molecule has 1 rings (SSSR count). The molecule has 0 aromatic heterocycles. The molecule has 0 aliphatic rings. The maximum Gasteiger partial charge on any atom is 0.123 e. The average molecular weight is 266 g/mol. The van der Waals surface area contributed by atoms with Crippen molar-refractivity contribution in [3.05, 3.63) is 23.8 Å². The zero-order valence-corrected chi connectivity index (χ0v) is 12.3. The van der Waals surface area contributed by atoms with Gasteiger partial charge in [-0.15, -0.1) is 0 Å². The maximum atomic E-state index is 5.72. The van der Waals surface area contributed by atoms with Crippen molar-refractivity contribution in [1.82, 2.24) is 10.6 Å². The second kappa shape index (κ2) is 9.64. The summed E-state index contributed by atoms with van der Waals surface area (Å²) in [7, 11) is 3.90. The summed E-state index contributed by atoms with van der Waals surface area (Å²) in [6.07, 6.45) is 2.01. The molecule has 0 fully saturated rings. The minimum Gasteiger partial charge on any atom is -0.493 e. The normalized spacial score (nSPS) is 10.5. The van der Waals surface area contributed by atoms with Crippen LogP contribution in [0.4, 0.5) is 0 Å². The molecule has 0 aliphatic heterocycles. The first-order valence-corrected chi connectivity index (χ1v) is 6.92. The monoisotopic (exact) mass is 266 g/mol. The summed E-state index contributed by atoms with van der Waals surface area (Å²) in [5.41, 5.74) is 1.16. The lowest BCUT2D eigenvalue weighted by Crippen LogP contribution is -2.12. The molecular formula is C15H26N2O2. The molecular weight excluding hydrogens is 240 g/mol. The summed E-state index contributed by atoms with van der Waals surface area (Å²) >= 11 is 0. The minimum atomic E-state index is 0.726. The van der Waals surface area contributed by atoms with E-state index in [4.69, 9.17) is 9.47 Å². The zero-order valence-electron chi connectivity index (χ0n) is 12.3. The quantitative estimate of drug-likeness (QED) is 0.635. The highest BCUT2D eigenvalue weighted by molar-refractivity contribution is 5.37. The first-order valence-electron chi connectivity index (χ1n) is 6.92. The van der Waals surface area contributed by atoms with Crippen molar-refractivity contribution in [2.45, 2.75) is 19.8 Å². The van der Waals surface area contributed by atoms with Crippen LogP contribution in [0.1, 0.15) is 18.4 Å². The van der Waals surface area contributed by atoms with Gasteiger partial charge in [0.1, 0.15) is 11.5 Å². The maximum absolute atomic E-state index is 5.72. The topological polar surface area (TPSA) is 42.5 Å². The van der Waals surface area contributed by atoms with Crippen LogP contribution in [0.5, 0.6) is 11.5 Å². The van der Waals surface area contributed by atoms with Gasteiger partial charge in [-0.05, 0) is 64.6 Å². The van der Waals surface area contributed by atoms with Crippen molar-refractivity contribution in [2.75, 3.05) is 40.4 Å². The average Bonchev–Trinajstić information content (AvgIpc) is 2.39. The number of hydrogen-bond donors (Lipinski definition) is 2. The number of hydrogen-bond acceptors (Lipinski definition) is 4. The lowest BCUT2D eigenvalue weighted by atomic mass is 10.2. The number of ether oxygens (including phenoxy) is 2. The first kappa shape index (κ1) is 15.8. The van der Waals surface area contributed by atoms with E-state index in [2.05, 4.69) is 17.6 Å². The molecule has 0 amide bonds. The summed E-state index contributed by atoms with van der Waals surface area (Å²) < 4.78 is 11.4. The second-order valence-electron chi connectivity index (χ2n) is 4.59. The van der Waals surface area contributed by atoms with Gasteiger partial charge in [0.25, 0.3) is 0 Å². The van der Waals surface area contributed by atoms with Gasteiger partial charge in [-0.25, -0.2) is 0 Å². The molecule has 108 valence electrons. The third-order valence-corrected chi connectivity index (χ3v) is 2.70. The number of benzene rings is 1. The summed E-state index contributed by atoms with van der Waals surface area (Å²) in [5, 5.41) is 6.21. The van der Waals surface area contributed by atoms with Gasteiger partial charge >= 0.3 is 0 Å². The minimum absolute atomic E-state index is 0.726. The number of aryl methyl sites for hydroxylation is 1. The standard InChI is InChI=1S/C15H26N2O2/c1-13-10-14(18-8-4-6-16-2)12-15(11-13)19-9-5-7-17-3/h10-12,16-17H,4-9H2,1-3H3. The molecule has 4 nitrogen and oxygen atoms in total. The predicted molar refractivity (Wildman–Crippen MR) is 79.3 cm³/mol. The van der Waals surface area contributed by atoms with Gasteiger partial charge in [-0.1, -0.05) is 0 Å². The van der Waals surface area contributed by atoms with E-state index in [0.29, 0.717) is 0 Å². The van der Waals surface area contributed by atoms with Crippen LogP contribution in [0.25, 0.3) is 0 Å². The SMILES string of the molecule is CNCCCOc1cc(C)cc(OCCCNC)c1. The van der Waals surface area contributed by atoms with Crippen LogP contribution in [-0.2, 0) is 0 Å². The Morgan fingerprint density at radius 3 is 1.74 bits per heavy atom. The summed E-state index contributed by atoms with van der Waals surface area (Å²) in [6, 6.07) is 6.05. The third kappa shape index (κ3) is 7.03. The van der Waals surface area contributed by atoms with Gasteiger partial charge in [0.2, 0.25) is 0 Å². The Morgan fingerprint density at radius 2 is 1.32 bits per heavy atom. The molecule has 1 aromatic carbocycles. The molecule has 0 saturated heterocycles. The zero-order chi connectivity index (χ0) is 13.9. The lowest BCUT2D eigenvalue weighted by Gasteiger charge is -2.11. The molecule has 0 unspecified atom stereocenters. The number of nitrogens with one attached hydrogen (secondary N) is 2. The Labute approximate surface area is 116 Å². The molecule has 2 N–H and O–H groups in total. The van der Waals surface area contributed by atoms with E-state index in [-0.39, 0.29) is 0 Å². The van der Waals surface area contributed by atoms with Gasteiger partial charge in [0, 0.05) is 6.07 Å². The van der Waals surface area contributed by atoms with Crippen LogP contribution < -0.4 is 20.1 Å². The van der Waals surface area contributed by atoms with Crippen LogP contribution in [0.15, 0.2) is 18.2 Å². The van der Waals surface area contributed by atoms with Crippen molar-refractivity contribution < 1.29 is 9.47 Å². The molecule has 0 bridgehead atoms. The van der Waals surface area contributed by atoms with E-state index in [9.17, 15) is 0 Å². The molecule has 0 atom stereocenters. The summed E-state index contributed by atoms with van der Waals surface area (Å²) in [6.45, 7) is 5.45. The van der Waals surface area contributed by atoms with Crippen molar-refractivity contribution in [1.29, 1.82) is 0 Å². The Hall–Kier alpha value is -1.26. The van der Waals surface area contributed by atoms with E-state index < -0.39 is 0 Å².